The second-order valence-corrected chi connectivity index (χ2v) is 3.27. The van der Waals surface area contributed by atoms with Crippen molar-refractivity contribution >= 4 is 17.1 Å². The average Bonchev–Trinajstić information content (AvgIpc) is 2.24. The zero-order valence-electron chi connectivity index (χ0n) is 8.14. The lowest BCUT2D eigenvalue weighted by Gasteiger charge is -2.08. The molecule has 0 heterocycles. The Morgan fingerprint density at radius 3 is 2.40 bits per heavy atom. The Labute approximate surface area is 88.2 Å². The van der Waals surface area contributed by atoms with Gasteiger partial charge in [0, 0.05) is 17.4 Å². The van der Waals surface area contributed by atoms with Crippen molar-refractivity contribution in [3.8, 4) is 5.75 Å². The van der Waals surface area contributed by atoms with E-state index in [0.717, 1.165) is 5.69 Å². The van der Waals surface area contributed by atoms with Gasteiger partial charge in [-0.05, 0) is 24.3 Å². The number of hydrogen-bond donors (Lipinski definition) is 3. The number of anilines is 3. The molecule has 0 bridgehead atoms. The number of hydrogen-bond acceptors (Lipinski definition) is 3. The van der Waals surface area contributed by atoms with E-state index in [1.165, 1.54) is 6.07 Å². The van der Waals surface area contributed by atoms with Crippen molar-refractivity contribution in [3.05, 3.63) is 48.5 Å². The van der Waals surface area contributed by atoms with Gasteiger partial charge in [0.1, 0.15) is 5.75 Å². The van der Waals surface area contributed by atoms with Crippen molar-refractivity contribution in [2.24, 2.45) is 0 Å². The van der Waals surface area contributed by atoms with E-state index in [-0.39, 0.29) is 5.75 Å². The Kier molecular flexibility index (Phi) is 2.46. The van der Waals surface area contributed by atoms with Gasteiger partial charge in [0.05, 0.1) is 5.69 Å². The number of benzene rings is 2. The van der Waals surface area contributed by atoms with Gasteiger partial charge in [0.2, 0.25) is 0 Å². The molecular weight excluding hydrogens is 188 g/mol. The summed E-state index contributed by atoms with van der Waals surface area (Å²) in [6.07, 6.45) is 0. The number of phenols is 1. The first-order chi connectivity index (χ1) is 7.25. The number of nitrogens with one attached hydrogen (secondary N) is 1. The van der Waals surface area contributed by atoms with E-state index < -0.39 is 0 Å². The fraction of sp³-hybridized carbons (Fsp3) is 0. The van der Waals surface area contributed by atoms with E-state index in [0.29, 0.717) is 11.4 Å². The van der Waals surface area contributed by atoms with E-state index in [4.69, 9.17) is 5.73 Å². The molecule has 0 aliphatic rings. The van der Waals surface area contributed by atoms with Crippen molar-refractivity contribution in [1.29, 1.82) is 0 Å². The van der Waals surface area contributed by atoms with E-state index in [2.05, 4.69) is 5.32 Å². The van der Waals surface area contributed by atoms with Gasteiger partial charge >= 0.3 is 0 Å². The molecule has 0 saturated carbocycles. The lowest BCUT2D eigenvalue weighted by Crippen LogP contribution is -1.91. The summed E-state index contributed by atoms with van der Waals surface area (Å²) in [5.74, 6) is 0.152. The zero-order chi connectivity index (χ0) is 10.7. The van der Waals surface area contributed by atoms with Gasteiger partial charge in [-0.25, -0.2) is 0 Å². The molecule has 0 amide bonds. The summed E-state index contributed by atoms with van der Waals surface area (Å²) in [6.45, 7) is 0. The van der Waals surface area contributed by atoms with Gasteiger partial charge in [0.15, 0.2) is 0 Å². The second-order valence-electron chi connectivity index (χ2n) is 3.27. The second kappa shape index (κ2) is 3.92. The third-order valence-electron chi connectivity index (χ3n) is 2.07. The summed E-state index contributed by atoms with van der Waals surface area (Å²) in [7, 11) is 0. The van der Waals surface area contributed by atoms with E-state index >= 15 is 0 Å². The molecule has 0 aromatic heterocycles. The van der Waals surface area contributed by atoms with Crippen LogP contribution >= 0.6 is 0 Å². The third-order valence-corrected chi connectivity index (χ3v) is 2.07. The SMILES string of the molecule is Nc1ccc(Nc2ccccc2)c(O)c1. The standard InChI is InChI=1S/C12H12N2O/c13-9-6-7-11(12(15)8-9)14-10-4-2-1-3-5-10/h1-8,14-15H,13H2. The number of nitrogen functional groups attached to an aromatic ring is 1. The molecule has 0 atom stereocenters. The van der Waals surface area contributed by atoms with Crippen LogP contribution in [0.4, 0.5) is 17.1 Å². The Balaban J connectivity index is 2.25. The molecule has 4 N–H and O–H groups in total. The highest BCUT2D eigenvalue weighted by molar-refractivity contribution is 5.68. The molecular formula is C12H12N2O. The molecule has 2 aromatic carbocycles. The first-order valence-corrected chi connectivity index (χ1v) is 4.66. The van der Waals surface area contributed by atoms with Crippen LogP contribution in [-0.2, 0) is 0 Å². The largest absolute Gasteiger partial charge is 0.506 e. The molecule has 15 heavy (non-hydrogen) atoms. The number of rotatable bonds is 2. The van der Waals surface area contributed by atoms with E-state index in [1.807, 2.05) is 30.3 Å². The van der Waals surface area contributed by atoms with Crippen LogP contribution in [0, 0.1) is 0 Å². The van der Waals surface area contributed by atoms with Crippen LogP contribution in [0.2, 0.25) is 0 Å². The molecule has 0 saturated heterocycles. The molecule has 0 aliphatic heterocycles. The molecule has 3 heteroatoms. The summed E-state index contributed by atoms with van der Waals surface area (Å²) >= 11 is 0. The molecule has 0 unspecified atom stereocenters. The molecule has 0 aliphatic carbocycles. The van der Waals surface area contributed by atoms with Crippen LogP contribution in [0.25, 0.3) is 0 Å². The highest BCUT2D eigenvalue weighted by atomic mass is 16.3. The predicted molar refractivity (Wildman–Crippen MR) is 62.2 cm³/mol. The number of aromatic hydroxyl groups is 1. The predicted octanol–water partition coefficient (Wildman–Crippen LogP) is 2.72. The van der Waals surface area contributed by atoms with Crippen molar-refractivity contribution in [1.82, 2.24) is 0 Å². The van der Waals surface area contributed by atoms with Crippen LogP contribution in [0.15, 0.2) is 48.5 Å². The average molecular weight is 200 g/mol. The van der Waals surface area contributed by atoms with Crippen molar-refractivity contribution in [2.75, 3.05) is 11.1 Å². The van der Waals surface area contributed by atoms with Gasteiger partial charge in [-0.3, -0.25) is 0 Å². The van der Waals surface area contributed by atoms with Gasteiger partial charge in [-0.2, -0.15) is 0 Å². The quantitative estimate of drug-likeness (QED) is 0.516. The van der Waals surface area contributed by atoms with E-state index in [1.54, 1.807) is 12.1 Å². The van der Waals surface area contributed by atoms with Crippen LogP contribution in [0.3, 0.4) is 0 Å². The highest BCUT2D eigenvalue weighted by Gasteiger charge is 2.00. The van der Waals surface area contributed by atoms with Gasteiger partial charge in [-0.1, -0.05) is 18.2 Å². The third kappa shape index (κ3) is 2.20. The minimum atomic E-state index is 0.152. The summed E-state index contributed by atoms with van der Waals surface area (Å²) in [5, 5.41) is 12.7. The number of nitrogens with two attached hydrogens (primary N) is 1. The zero-order valence-corrected chi connectivity index (χ0v) is 8.14. The minimum absolute atomic E-state index is 0.152. The molecule has 76 valence electrons. The summed E-state index contributed by atoms with van der Waals surface area (Å²) < 4.78 is 0. The van der Waals surface area contributed by atoms with Gasteiger partial charge in [0.25, 0.3) is 0 Å². The number of phenolic OH excluding ortho intramolecular Hbond substituents is 1. The highest BCUT2D eigenvalue weighted by Crippen LogP contribution is 2.28. The lowest BCUT2D eigenvalue weighted by molar-refractivity contribution is 0.478. The normalized spacial score (nSPS) is 9.87. The maximum atomic E-state index is 9.61. The minimum Gasteiger partial charge on any atom is -0.506 e. The Hall–Kier alpha value is -2.16. The van der Waals surface area contributed by atoms with Crippen LogP contribution < -0.4 is 11.1 Å². The van der Waals surface area contributed by atoms with Crippen LogP contribution in [0.5, 0.6) is 5.75 Å². The maximum absolute atomic E-state index is 9.61. The van der Waals surface area contributed by atoms with Crippen molar-refractivity contribution < 1.29 is 5.11 Å². The molecule has 0 spiro atoms. The first kappa shape index (κ1) is 9.40. The molecule has 2 rings (SSSR count). The monoisotopic (exact) mass is 200 g/mol. The van der Waals surface area contributed by atoms with Crippen LogP contribution in [0.1, 0.15) is 0 Å². The number of para-hydroxylation sites is 1. The van der Waals surface area contributed by atoms with Gasteiger partial charge < -0.3 is 16.2 Å². The topological polar surface area (TPSA) is 58.3 Å². The Morgan fingerprint density at radius 2 is 1.73 bits per heavy atom. The summed E-state index contributed by atoms with van der Waals surface area (Å²) in [4.78, 5) is 0. The smallest absolute Gasteiger partial charge is 0.141 e. The van der Waals surface area contributed by atoms with Crippen molar-refractivity contribution in [3.63, 3.8) is 0 Å². The van der Waals surface area contributed by atoms with Crippen LogP contribution in [-0.4, -0.2) is 5.11 Å². The van der Waals surface area contributed by atoms with Gasteiger partial charge in [-0.15, -0.1) is 0 Å². The lowest BCUT2D eigenvalue weighted by atomic mass is 10.2. The first-order valence-electron chi connectivity index (χ1n) is 4.66. The van der Waals surface area contributed by atoms with Crippen molar-refractivity contribution in [2.45, 2.75) is 0 Å². The Morgan fingerprint density at radius 1 is 1.00 bits per heavy atom. The van der Waals surface area contributed by atoms with E-state index in [9.17, 15) is 5.11 Å². The Bertz CT molecular complexity index is 454. The summed E-state index contributed by atoms with van der Waals surface area (Å²) in [5.41, 5.74) is 7.66. The molecule has 0 fully saturated rings. The molecule has 3 nitrogen and oxygen atoms in total. The summed E-state index contributed by atoms with van der Waals surface area (Å²) in [6, 6.07) is 14.7. The molecule has 2 aromatic rings. The fourth-order valence-electron chi connectivity index (χ4n) is 1.33. The maximum Gasteiger partial charge on any atom is 0.141 e. The molecule has 0 radical (unpaired) electrons. The fourth-order valence-corrected chi connectivity index (χ4v) is 1.33.